The van der Waals surface area contributed by atoms with E-state index in [1.807, 2.05) is 0 Å². The number of nitrogens with two attached hydrogens (primary N) is 1. The Balaban J connectivity index is 3.40. The maximum absolute atomic E-state index is 5.18. The van der Waals surface area contributed by atoms with Gasteiger partial charge in [0.05, 0.1) is 0 Å². The third-order valence-electron chi connectivity index (χ3n) is 0.549. The minimum Gasteiger partial charge on any atom is -0.369 e. The first-order valence-electron chi connectivity index (χ1n) is 2.27. The standard InChI is InChI=1S/C4H10N4/c1-3-7-8-4(5)6-2/h3H,1-2H3,(H3,5,6,8)/b7-3-. The highest BCUT2D eigenvalue weighted by atomic mass is 15.3. The van der Waals surface area contributed by atoms with Crippen molar-refractivity contribution >= 4 is 12.2 Å². The summed E-state index contributed by atoms with van der Waals surface area (Å²) in [4.78, 5) is 3.60. The first kappa shape index (κ1) is 6.94. The van der Waals surface area contributed by atoms with E-state index in [9.17, 15) is 0 Å². The Labute approximate surface area is 48.5 Å². The van der Waals surface area contributed by atoms with Crippen LogP contribution >= 0.6 is 0 Å². The van der Waals surface area contributed by atoms with Crippen LogP contribution in [-0.4, -0.2) is 19.2 Å². The van der Waals surface area contributed by atoms with Crippen LogP contribution in [0.5, 0.6) is 0 Å². The van der Waals surface area contributed by atoms with Gasteiger partial charge in [-0.2, -0.15) is 5.10 Å². The molecule has 0 aliphatic heterocycles. The first-order valence-corrected chi connectivity index (χ1v) is 2.27. The number of rotatable bonds is 1. The van der Waals surface area contributed by atoms with Gasteiger partial charge in [0.1, 0.15) is 0 Å². The lowest BCUT2D eigenvalue weighted by atomic mass is 10.9. The molecule has 0 aromatic heterocycles. The van der Waals surface area contributed by atoms with Crippen molar-refractivity contribution in [3.63, 3.8) is 0 Å². The predicted molar refractivity (Wildman–Crippen MR) is 34.8 cm³/mol. The van der Waals surface area contributed by atoms with Crippen LogP contribution in [0.3, 0.4) is 0 Å². The molecular weight excluding hydrogens is 104 g/mol. The summed E-state index contributed by atoms with van der Waals surface area (Å²) >= 11 is 0. The zero-order valence-corrected chi connectivity index (χ0v) is 5.05. The van der Waals surface area contributed by atoms with Crippen molar-refractivity contribution in [2.24, 2.45) is 15.8 Å². The fraction of sp³-hybridized carbons (Fsp3) is 0.500. The van der Waals surface area contributed by atoms with Gasteiger partial charge in [-0.1, -0.05) is 0 Å². The Bertz CT molecular complexity index is 105. The smallest absolute Gasteiger partial charge is 0.209 e. The highest BCUT2D eigenvalue weighted by Gasteiger charge is 1.77. The molecule has 0 saturated heterocycles. The van der Waals surface area contributed by atoms with Crippen LogP contribution in [0, 0.1) is 0 Å². The Kier molecular flexibility index (Phi) is 3.56. The van der Waals surface area contributed by atoms with E-state index in [2.05, 4.69) is 15.5 Å². The fourth-order valence-electron chi connectivity index (χ4n) is 0.181. The van der Waals surface area contributed by atoms with Crippen LogP contribution in [0.2, 0.25) is 0 Å². The molecule has 0 atom stereocenters. The number of aliphatic imine (C=N–C) groups is 1. The Morgan fingerprint density at radius 3 is 2.75 bits per heavy atom. The average Bonchev–Trinajstić information content (AvgIpc) is 1.83. The van der Waals surface area contributed by atoms with Gasteiger partial charge in [-0.25, -0.2) is 5.43 Å². The highest BCUT2D eigenvalue weighted by Crippen LogP contribution is 1.56. The summed E-state index contributed by atoms with van der Waals surface area (Å²) in [5.74, 6) is 0.322. The summed E-state index contributed by atoms with van der Waals surface area (Å²) in [5.41, 5.74) is 7.66. The largest absolute Gasteiger partial charge is 0.369 e. The van der Waals surface area contributed by atoms with E-state index in [0.29, 0.717) is 5.96 Å². The third kappa shape index (κ3) is 3.14. The monoisotopic (exact) mass is 114 g/mol. The van der Waals surface area contributed by atoms with Crippen molar-refractivity contribution in [2.45, 2.75) is 6.92 Å². The molecule has 0 aromatic rings. The topological polar surface area (TPSA) is 62.8 Å². The molecule has 4 heteroatoms. The Morgan fingerprint density at radius 1 is 1.75 bits per heavy atom. The number of nitrogens with one attached hydrogen (secondary N) is 1. The van der Waals surface area contributed by atoms with E-state index in [1.54, 1.807) is 20.2 Å². The zero-order chi connectivity index (χ0) is 6.41. The lowest BCUT2D eigenvalue weighted by Gasteiger charge is -1.92. The summed E-state index contributed by atoms with van der Waals surface area (Å²) in [6, 6.07) is 0. The Hall–Kier alpha value is -1.06. The van der Waals surface area contributed by atoms with Gasteiger partial charge in [0.15, 0.2) is 0 Å². The summed E-state index contributed by atoms with van der Waals surface area (Å²) in [5, 5.41) is 3.61. The van der Waals surface area contributed by atoms with Gasteiger partial charge >= 0.3 is 0 Å². The zero-order valence-electron chi connectivity index (χ0n) is 5.05. The van der Waals surface area contributed by atoms with Gasteiger partial charge in [-0.3, -0.25) is 4.99 Å². The molecule has 0 fully saturated rings. The fourth-order valence-corrected chi connectivity index (χ4v) is 0.181. The van der Waals surface area contributed by atoms with Crippen molar-refractivity contribution < 1.29 is 0 Å². The number of hydrogen-bond acceptors (Lipinski definition) is 2. The average molecular weight is 114 g/mol. The SMILES string of the molecule is C/C=N\NC(N)=NC. The molecule has 8 heavy (non-hydrogen) atoms. The second kappa shape index (κ2) is 4.11. The summed E-state index contributed by atoms with van der Waals surface area (Å²) < 4.78 is 0. The molecule has 0 aliphatic rings. The number of nitrogens with zero attached hydrogens (tertiary/aromatic N) is 2. The van der Waals surface area contributed by atoms with Crippen LogP contribution in [-0.2, 0) is 0 Å². The molecule has 0 amide bonds. The van der Waals surface area contributed by atoms with Gasteiger partial charge < -0.3 is 5.73 Å². The van der Waals surface area contributed by atoms with E-state index >= 15 is 0 Å². The van der Waals surface area contributed by atoms with Crippen molar-refractivity contribution in [1.82, 2.24) is 5.43 Å². The normalized spacial score (nSPS) is 12.5. The second-order valence-corrected chi connectivity index (χ2v) is 1.11. The molecule has 0 saturated carbocycles. The van der Waals surface area contributed by atoms with E-state index < -0.39 is 0 Å². The molecule has 0 bridgehead atoms. The van der Waals surface area contributed by atoms with Crippen molar-refractivity contribution in [3.8, 4) is 0 Å². The summed E-state index contributed by atoms with van der Waals surface area (Å²) in [6.45, 7) is 1.79. The number of hydrogen-bond donors (Lipinski definition) is 2. The van der Waals surface area contributed by atoms with Gasteiger partial charge in [0.25, 0.3) is 0 Å². The predicted octanol–water partition coefficient (Wildman–Crippen LogP) is -0.474. The van der Waals surface area contributed by atoms with Crippen LogP contribution < -0.4 is 11.2 Å². The van der Waals surface area contributed by atoms with Gasteiger partial charge in [0, 0.05) is 13.3 Å². The highest BCUT2D eigenvalue weighted by molar-refractivity contribution is 5.78. The lowest BCUT2D eigenvalue weighted by Crippen LogP contribution is -2.26. The van der Waals surface area contributed by atoms with Crippen LogP contribution in [0.1, 0.15) is 6.92 Å². The molecule has 0 spiro atoms. The third-order valence-corrected chi connectivity index (χ3v) is 0.549. The summed E-state index contributed by atoms with van der Waals surface area (Å²) in [7, 11) is 1.59. The van der Waals surface area contributed by atoms with Crippen molar-refractivity contribution in [1.29, 1.82) is 0 Å². The molecule has 0 unspecified atom stereocenters. The molecule has 4 nitrogen and oxygen atoms in total. The molecule has 0 aromatic carbocycles. The maximum Gasteiger partial charge on any atom is 0.209 e. The van der Waals surface area contributed by atoms with Crippen molar-refractivity contribution in [2.75, 3.05) is 7.05 Å². The van der Waals surface area contributed by atoms with Gasteiger partial charge in [0.2, 0.25) is 5.96 Å². The van der Waals surface area contributed by atoms with Gasteiger partial charge in [-0.15, -0.1) is 0 Å². The number of guanidine groups is 1. The molecule has 0 aliphatic carbocycles. The molecule has 46 valence electrons. The summed E-state index contributed by atoms with van der Waals surface area (Å²) in [6.07, 6.45) is 1.60. The number of hydrazone groups is 1. The lowest BCUT2D eigenvalue weighted by molar-refractivity contribution is 1.01. The second-order valence-electron chi connectivity index (χ2n) is 1.11. The minimum absolute atomic E-state index is 0.322. The quantitative estimate of drug-likeness (QED) is 0.275. The van der Waals surface area contributed by atoms with E-state index in [4.69, 9.17) is 5.73 Å². The Morgan fingerprint density at radius 2 is 2.38 bits per heavy atom. The van der Waals surface area contributed by atoms with E-state index in [0.717, 1.165) is 0 Å². The first-order chi connectivity index (χ1) is 3.81. The van der Waals surface area contributed by atoms with Crippen LogP contribution in [0.25, 0.3) is 0 Å². The molecule has 3 N–H and O–H groups in total. The van der Waals surface area contributed by atoms with Crippen LogP contribution in [0.4, 0.5) is 0 Å². The maximum atomic E-state index is 5.18. The molecule has 0 heterocycles. The molecule has 0 rings (SSSR count). The van der Waals surface area contributed by atoms with Crippen molar-refractivity contribution in [3.05, 3.63) is 0 Å². The van der Waals surface area contributed by atoms with Crippen LogP contribution in [0.15, 0.2) is 10.1 Å². The minimum atomic E-state index is 0.322. The molecular formula is C4H10N4. The molecule has 0 radical (unpaired) electrons. The van der Waals surface area contributed by atoms with E-state index in [1.165, 1.54) is 0 Å². The van der Waals surface area contributed by atoms with E-state index in [-0.39, 0.29) is 0 Å². The van der Waals surface area contributed by atoms with Gasteiger partial charge in [-0.05, 0) is 6.92 Å².